The quantitative estimate of drug-likeness (QED) is 0.346. The molecule has 194 valence electrons. The van der Waals surface area contributed by atoms with Crippen molar-refractivity contribution in [1.82, 2.24) is 20.1 Å². The number of nitrogens with one attached hydrogen (secondary N) is 3. The van der Waals surface area contributed by atoms with E-state index in [0.717, 1.165) is 34.9 Å². The molecule has 1 unspecified atom stereocenters. The summed E-state index contributed by atoms with van der Waals surface area (Å²) in [6.07, 6.45) is 5.85. The number of fused-ring (bicyclic) bond motifs is 4. The SMILES string of the molecule is COCCC(C(=O)Nc1ccc2[nH]ncc2c1)n1cc2c(cc1=O)-c1cc(Cl)ccc1CC1(CC1)NC2=O. The number of carbonyl (C=O) groups excluding carboxylic acids is 2. The molecule has 1 aliphatic heterocycles. The summed E-state index contributed by atoms with van der Waals surface area (Å²) in [5.41, 5.74) is 3.35. The van der Waals surface area contributed by atoms with Crippen molar-refractivity contribution >= 4 is 40.0 Å². The Labute approximate surface area is 223 Å². The van der Waals surface area contributed by atoms with Crippen LogP contribution in [0.4, 0.5) is 5.69 Å². The summed E-state index contributed by atoms with van der Waals surface area (Å²) in [6.45, 7) is 0.246. The van der Waals surface area contributed by atoms with Crippen LogP contribution in [0.3, 0.4) is 0 Å². The molecule has 3 N–H and O–H groups in total. The van der Waals surface area contributed by atoms with Gasteiger partial charge in [0.15, 0.2) is 0 Å². The second-order valence-corrected chi connectivity index (χ2v) is 10.5. The van der Waals surface area contributed by atoms with Gasteiger partial charge in [0.1, 0.15) is 6.04 Å². The Bertz CT molecular complexity index is 1640. The van der Waals surface area contributed by atoms with Gasteiger partial charge in [0.2, 0.25) is 5.91 Å². The third-order valence-electron chi connectivity index (χ3n) is 7.39. The zero-order chi connectivity index (χ0) is 26.4. The maximum atomic E-state index is 13.5. The lowest BCUT2D eigenvalue weighted by Gasteiger charge is -2.26. The number of hydrogen-bond donors (Lipinski definition) is 3. The molecule has 3 heterocycles. The van der Waals surface area contributed by atoms with Crippen LogP contribution in [0.15, 0.2) is 59.7 Å². The van der Waals surface area contributed by atoms with Crippen molar-refractivity contribution in [2.24, 2.45) is 0 Å². The molecular formula is C28H26ClN5O4. The summed E-state index contributed by atoms with van der Waals surface area (Å²) in [5, 5.41) is 14.3. The molecule has 1 saturated carbocycles. The highest BCUT2D eigenvalue weighted by atomic mass is 35.5. The first-order chi connectivity index (χ1) is 18.4. The topological polar surface area (TPSA) is 118 Å². The first-order valence-electron chi connectivity index (χ1n) is 12.5. The Balaban J connectivity index is 1.42. The number of ether oxygens (including phenoxy) is 1. The first kappa shape index (κ1) is 24.4. The Morgan fingerprint density at radius 1 is 1.16 bits per heavy atom. The third kappa shape index (κ3) is 4.48. The van der Waals surface area contributed by atoms with Crippen LogP contribution in [-0.4, -0.2) is 45.8 Å². The van der Waals surface area contributed by atoms with E-state index >= 15 is 0 Å². The minimum Gasteiger partial charge on any atom is -0.385 e. The molecular weight excluding hydrogens is 506 g/mol. The summed E-state index contributed by atoms with van der Waals surface area (Å²) in [5.74, 6) is -0.659. The highest BCUT2D eigenvalue weighted by Gasteiger charge is 2.46. The number of rotatable bonds is 6. The highest BCUT2D eigenvalue weighted by molar-refractivity contribution is 6.31. The average Bonchev–Trinajstić information content (AvgIpc) is 3.48. The number of H-pyrrole nitrogens is 1. The number of aromatic amines is 1. The fraction of sp³-hybridized carbons (Fsp3) is 0.286. The number of halogens is 1. The van der Waals surface area contributed by atoms with E-state index in [1.807, 2.05) is 18.2 Å². The largest absolute Gasteiger partial charge is 0.385 e. The number of benzene rings is 2. The van der Waals surface area contributed by atoms with E-state index in [1.54, 1.807) is 24.4 Å². The van der Waals surface area contributed by atoms with Gasteiger partial charge in [-0.3, -0.25) is 19.5 Å². The molecule has 2 aromatic heterocycles. The summed E-state index contributed by atoms with van der Waals surface area (Å²) in [7, 11) is 1.54. The fourth-order valence-corrected chi connectivity index (χ4v) is 5.36. The molecule has 0 saturated heterocycles. The number of hydrogen-bond acceptors (Lipinski definition) is 5. The number of pyridine rings is 1. The number of amides is 2. The monoisotopic (exact) mass is 531 g/mol. The van der Waals surface area contributed by atoms with Crippen LogP contribution in [0.25, 0.3) is 22.0 Å². The molecule has 1 fully saturated rings. The molecule has 38 heavy (non-hydrogen) atoms. The van der Waals surface area contributed by atoms with E-state index in [4.69, 9.17) is 16.3 Å². The second kappa shape index (κ2) is 9.41. The van der Waals surface area contributed by atoms with E-state index in [0.29, 0.717) is 28.3 Å². The summed E-state index contributed by atoms with van der Waals surface area (Å²) in [4.78, 5) is 40.5. The van der Waals surface area contributed by atoms with Crippen molar-refractivity contribution in [3.63, 3.8) is 0 Å². The van der Waals surface area contributed by atoms with Crippen molar-refractivity contribution in [2.75, 3.05) is 19.0 Å². The van der Waals surface area contributed by atoms with Crippen molar-refractivity contribution in [3.8, 4) is 11.1 Å². The molecule has 10 heteroatoms. The molecule has 6 rings (SSSR count). The second-order valence-electron chi connectivity index (χ2n) is 10.0. The third-order valence-corrected chi connectivity index (χ3v) is 7.63. The van der Waals surface area contributed by atoms with Crippen molar-refractivity contribution in [2.45, 2.75) is 37.3 Å². The van der Waals surface area contributed by atoms with Gasteiger partial charge in [-0.25, -0.2) is 0 Å². The molecule has 1 spiro atoms. The van der Waals surface area contributed by atoms with Crippen LogP contribution in [0, 0.1) is 0 Å². The lowest BCUT2D eigenvalue weighted by atomic mass is 9.89. The van der Waals surface area contributed by atoms with Crippen LogP contribution in [0.2, 0.25) is 5.02 Å². The highest BCUT2D eigenvalue weighted by Crippen LogP contribution is 2.43. The van der Waals surface area contributed by atoms with Crippen LogP contribution >= 0.6 is 11.6 Å². The summed E-state index contributed by atoms with van der Waals surface area (Å²) in [6, 6.07) is 11.5. The molecule has 0 radical (unpaired) electrons. The van der Waals surface area contributed by atoms with Crippen LogP contribution in [0.1, 0.15) is 41.2 Å². The van der Waals surface area contributed by atoms with Gasteiger partial charge in [0.05, 0.1) is 17.3 Å². The Kier molecular flexibility index (Phi) is 6.04. The van der Waals surface area contributed by atoms with Gasteiger partial charge in [-0.1, -0.05) is 17.7 Å². The summed E-state index contributed by atoms with van der Waals surface area (Å²) >= 11 is 6.33. The lowest BCUT2D eigenvalue weighted by molar-refractivity contribution is -0.119. The molecule has 1 atom stereocenters. The summed E-state index contributed by atoms with van der Waals surface area (Å²) < 4.78 is 6.57. The molecule has 1 aliphatic carbocycles. The number of nitrogens with zero attached hydrogens (tertiary/aromatic N) is 2. The van der Waals surface area contributed by atoms with Crippen molar-refractivity contribution in [3.05, 3.63) is 81.4 Å². The van der Waals surface area contributed by atoms with Gasteiger partial charge in [-0.2, -0.15) is 5.10 Å². The Morgan fingerprint density at radius 2 is 2.00 bits per heavy atom. The molecule has 0 bridgehead atoms. The van der Waals surface area contributed by atoms with Gasteiger partial charge >= 0.3 is 0 Å². The van der Waals surface area contributed by atoms with Gasteiger partial charge < -0.3 is 19.9 Å². The van der Waals surface area contributed by atoms with Crippen LogP contribution in [0.5, 0.6) is 0 Å². The minimum atomic E-state index is -0.903. The van der Waals surface area contributed by atoms with E-state index in [-0.39, 0.29) is 30.4 Å². The molecule has 2 amide bonds. The minimum absolute atomic E-state index is 0.239. The number of carbonyl (C=O) groups is 2. The van der Waals surface area contributed by atoms with E-state index in [1.165, 1.54) is 23.9 Å². The Hall–Kier alpha value is -3.95. The zero-order valence-corrected chi connectivity index (χ0v) is 21.5. The van der Waals surface area contributed by atoms with Gasteiger partial charge in [-0.05, 0) is 60.7 Å². The van der Waals surface area contributed by atoms with E-state index in [2.05, 4.69) is 20.8 Å². The Morgan fingerprint density at radius 3 is 2.79 bits per heavy atom. The number of methoxy groups -OCH3 is 1. The molecule has 2 aromatic carbocycles. The number of aromatic nitrogens is 3. The zero-order valence-electron chi connectivity index (χ0n) is 20.7. The predicted molar refractivity (Wildman–Crippen MR) is 145 cm³/mol. The standard InChI is InChI=1S/C28H26ClN5O4/c1-38-9-6-24(27(37)31-19-4-5-23-17(10-19)14-30-33-23)34-15-22-21(12-25(34)35)20-11-18(29)3-2-16(20)13-28(7-8-28)32-26(22)36/h2-5,10-12,14-15,24H,6-9,13H2,1H3,(H,30,33)(H,31,37)(H,32,36). The van der Waals surface area contributed by atoms with E-state index in [9.17, 15) is 14.4 Å². The van der Waals surface area contributed by atoms with E-state index < -0.39 is 11.6 Å². The van der Waals surface area contributed by atoms with Gasteiger partial charge in [0.25, 0.3) is 11.5 Å². The van der Waals surface area contributed by atoms with Gasteiger partial charge in [0, 0.05) is 59.6 Å². The molecule has 9 nitrogen and oxygen atoms in total. The number of anilines is 1. The van der Waals surface area contributed by atoms with Crippen molar-refractivity contribution in [1.29, 1.82) is 0 Å². The normalized spacial score (nSPS) is 16.2. The van der Waals surface area contributed by atoms with Crippen LogP contribution < -0.4 is 16.2 Å². The van der Waals surface area contributed by atoms with Crippen molar-refractivity contribution < 1.29 is 14.3 Å². The molecule has 4 aromatic rings. The van der Waals surface area contributed by atoms with Gasteiger partial charge in [-0.15, -0.1) is 0 Å². The maximum Gasteiger partial charge on any atom is 0.253 e. The average molecular weight is 532 g/mol. The molecule has 2 aliphatic rings. The maximum absolute atomic E-state index is 13.5. The fourth-order valence-electron chi connectivity index (χ4n) is 5.19. The smallest absolute Gasteiger partial charge is 0.253 e. The first-order valence-corrected chi connectivity index (χ1v) is 12.8. The predicted octanol–water partition coefficient (Wildman–Crippen LogP) is 4.08. The lowest BCUT2D eigenvalue weighted by Crippen LogP contribution is -2.41. The van der Waals surface area contributed by atoms with Crippen LogP contribution in [-0.2, 0) is 16.0 Å².